The standard InChI is InChI=1S/C18H28N2O2/c1-12(2)17(21)6-5-16-7-8-19-20(16)11-15-9-14(15)10-18(22)13(3)4/h7-8,12-15H,5-6,9-11H2,1-4H3. The molecule has 0 spiro atoms. The third kappa shape index (κ3) is 4.52. The van der Waals surface area contributed by atoms with Gasteiger partial charge in [-0.3, -0.25) is 14.3 Å². The summed E-state index contributed by atoms with van der Waals surface area (Å²) in [5, 5.41) is 4.39. The maximum absolute atomic E-state index is 11.8. The number of hydrogen-bond acceptors (Lipinski definition) is 3. The first-order chi connectivity index (χ1) is 10.4. The normalized spacial score (nSPS) is 20.6. The lowest BCUT2D eigenvalue weighted by Gasteiger charge is -2.08. The van der Waals surface area contributed by atoms with E-state index in [1.807, 2.05) is 44.6 Å². The molecule has 1 aliphatic rings. The largest absolute Gasteiger partial charge is 0.299 e. The van der Waals surface area contributed by atoms with Gasteiger partial charge < -0.3 is 0 Å². The Morgan fingerprint density at radius 2 is 1.86 bits per heavy atom. The van der Waals surface area contributed by atoms with Gasteiger partial charge in [0.25, 0.3) is 0 Å². The van der Waals surface area contributed by atoms with E-state index in [-0.39, 0.29) is 11.8 Å². The molecule has 0 amide bonds. The van der Waals surface area contributed by atoms with Crippen molar-refractivity contribution >= 4 is 11.6 Å². The van der Waals surface area contributed by atoms with Crippen molar-refractivity contribution in [3.8, 4) is 0 Å². The highest BCUT2D eigenvalue weighted by atomic mass is 16.1. The Kier molecular flexibility index (Phi) is 5.54. The molecule has 1 aromatic heterocycles. The lowest BCUT2D eigenvalue weighted by Crippen LogP contribution is -2.13. The van der Waals surface area contributed by atoms with Gasteiger partial charge in [-0.2, -0.15) is 5.10 Å². The minimum absolute atomic E-state index is 0.103. The lowest BCUT2D eigenvalue weighted by atomic mass is 10.0. The first-order valence-electron chi connectivity index (χ1n) is 8.44. The second-order valence-corrected chi connectivity index (χ2v) is 7.21. The Bertz CT molecular complexity index is 531. The second kappa shape index (κ2) is 7.21. The van der Waals surface area contributed by atoms with Crippen LogP contribution in [0, 0.1) is 23.7 Å². The quantitative estimate of drug-likeness (QED) is 0.703. The van der Waals surface area contributed by atoms with Crippen molar-refractivity contribution in [1.82, 2.24) is 9.78 Å². The molecule has 4 nitrogen and oxygen atoms in total. The molecule has 0 bridgehead atoms. The zero-order valence-electron chi connectivity index (χ0n) is 14.2. The highest BCUT2D eigenvalue weighted by Crippen LogP contribution is 2.43. The van der Waals surface area contributed by atoms with Crippen LogP contribution in [-0.4, -0.2) is 21.3 Å². The Morgan fingerprint density at radius 3 is 2.50 bits per heavy atom. The third-order valence-electron chi connectivity index (χ3n) is 4.66. The molecular weight excluding hydrogens is 276 g/mol. The van der Waals surface area contributed by atoms with Crippen molar-refractivity contribution in [2.75, 3.05) is 0 Å². The van der Waals surface area contributed by atoms with Crippen molar-refractivity contribution < 1.29 is 9.59 Å². The van der Waals surface area contributed by atoms with E-state index < -0.39 is 0 Å². The number of aryl methyl sites for hydroxylation is 1. The van der Waals surface area contributed by atoms with E-state index in [2.05, 4.69) is 5.10 Å². The summed E-state index contributed by atoms with van der Waals surface area (Å²) < 4.78 is 2.03. The second-order valence-electron chi connectivity index (χ2n) is 7.21. The van der Waals surface area contributed by atoms with E-state index in [0.29, 0.717) is 36.2 Å². The number of aromatic nitrogens is 2. The van der Waals surface area contributed by atoms with E-state index in [9.17, 15) is 9.59 Å². The summed E-state index contributed by atoms with van der Waals surface area (Å²) in [4.78, 5) is 23.5. The smallest absolute Gasteiger partial charge is 0.135 e. The number of rotatable bonds is 9. The molecule has 0 aliphatic heterocycles. The van der Waals surface area contributed by atoms with Gasteiger partial charge >= 0.3 is 0 Å². The van der Waals surface area contributed by atoms with Crippen molar-refractivity contribution in [2.45, 2.75) is 59.9 Å². The van der Waals surface area contributed by atoms with E-state index in [0.717, 1.165) is 25.1 Å². The molecule has 0 radical (unpaired) electrons. The van der Waals surface area contributed by atoms with E-state index in [1.165, 1.54) is 0 Å². The summed E-state index contributed by atoms with van der Waals surface area (Å²) >= 11 is 0. The zero-order chi connectivity index (χ0) is 16.3. The number of hydrogen-bond donors (Lipinski definition) is 0. The lowest BCUT2D eigenvalue weighted by molar-refractivity contribution is -0.122. The van der Waals surface area contributed by atoms with Crippen LogP contribution in [0.4, 0.5) is 0 Å². The van der Waals surface area contributed by atoms with E-state index in [4.69, 9.17) is 0 Å². The minimum atomic E-state index is 0.103. The van der Waals surface area contributed by atoms with Crippen molar-refractivity contribution in [2.24, 2.45) is 23.7 Å². The Morgan fingerprint density at radius 1 is 1.18 bits per heavy atom. The molecule has 22 heavy (non-hydrogen) atoms. The zero-order valence-corrected chi connectivity index (χ0v) is 14.2. The topological polar surface area (TPSA) is 52.0 Å². The summed E-state index contributed by atoms with van der Waals surface area (Å²) in [6.45, 7) is 8.71. The molecule has 1 fully saturated rings. The van der Waals surface area contributed by atoms with Gasteiger partial charge in [-0.1, -0.05) is 27.7 Å². The van der Waals surface area contributed by atoms with Gasteiger partial charge in [-0.25, -0.2) is 0 Å². The van der Waals surface area contributed by atoms with Gasteiger partial charge in [0.15, 0.2) is 0 Å². The fourth-order valence-corrected chi connectivity index (χ4v) is 2.78. The molecule has 2 rings (SSSR count). The fourth-order valence-electron chi connectivity index (χ4n) is 2.78. The Balaban J connectivity index is 1.82. The third-order valence-corrected chi connectivity index (χ3v) is 4.66. The summed E-state index contributed by atoms with van der Waals surface area (Å²) in [7, 11) is 0. The first-order valence-corrected chi connectivity index (χ1v) is 8.44. The molecule has 2 unspecified atom stereocenters. The number of Topliss-reactive ketones (excluding diaryl/α,β-unsaturated/α-hetero) is 2. The molecule has 4 heteroatoms. The molecule has 1 aromatic rings. The monoisotopic (exact) mass is 304 g/mol. The molecule has 1 aliphatic carbocycles. The number of ketones is 2. The summed E-state index contributed by atoms with van der Waals surface area (Å²) in [5.41, 5.74) is 1.13. The molecule has 122 valence electrons. The fraction of sp³-hybridized carbons (Fsp3) is 0.722. The minimum Gasteiger partial charge on any atom is -0.299 e. The van der Waals surface area contributed by atoms with Gasteiger partial charge in [0.05, 0.1) is 0 Å². The maximum Gasteiger partial charge on any atom is 0.135 e. The van der Waals surface area contributed by atoms with Crippen LogP contribution in [0.5, 0.6) is 0 Å². The molecule has 0 saturated heterocycles. The highest BCUT2D eigenvalue weighted by molar-refractivity contribution is 5.81. The Hall–Kier alpha value is -1.45. The molecule has 1 saturated carbocycles. The van der Waals surface area contributed by atoms with Crippen LogP contribution in [0.1, 0.15) is 52.7 Å². The van der Waals surface area contributed by atoms with Crippen LogP contribution >= 0.6 is 0 Å². The Labute approximate surface area is 133 Å². The highest BCUT2D eigenvalue weighted by Gasteiger charge is 2.39. The maximum atomic E-state index is 11.8. The molecular formula is C18H28N2O2. The van der Waals surface area contributed by atoms with Crippen molar-refractivity contribution in [1.29, 1.82) is 0 Å². The van der Waals surface area contributed by atoms with Crippen molar-refractivity contribution in [3.05, 3.63) is 18.0 Å². The van der Waals surface area contributed by atoms with E-state index >= 15 is 0 Å². The number of carbonyl (C=O) groups excluding carboxylic acids is 2. The first kappa shape index (κ1) is 16.9. The van der Waals surface area contributed by atoms with Crippen LogP contribution in [0.15, 0.2) is 12.3 Å². The molecule has 1 heterocycles. The molecule has 0 aromatic carbocycles. The van der Waals surface area contributed by atoms with E-state index in [1.54, 1.807) is 0 Å². The average Bonchev–Trinajstić information content (AvgIpc) is 3.01. The predicted molar refractivity (Wildman–Crippen MR) is 86.5 cm³/mol. The van der Waals surface area contributed by atoms with Crippen LogP contribution in [0.2, 0.25) is 0 Å². The summed E-state index contributed by atoms with van der Waals surface area (Å²) in [6.07, 6.45) is 5.00. The van der Waals surface area contributed by atoms with Crippen LogP contribution < -0.4 is 0 Å². The SMILES string of the molecule is CC(C)C(=O)CCc1ccnn1CC1CC1CC(=O)C(C)C. The van der Waals surface area contributed by atoms with Gasteiger partial charge in [-0.15, -0.1) is 0 Å². The van der Waals surface area contributed by atoms with Gasteiger partial charge in [0, 0.05) is 43.1 Å². The summed E-state index contributed by atoms with van der Waals surface area (Å²) in [6, 6.07) is 2.00. The number of nitrogens with zero attached hydrogens (tertiary/aromatic N) is 2. The average molecular weight is 304 g/mol. The molecule has 0 N–H and O–H groups in total. The molecule has 2 atom stereocenters. The van der Waals surface area contributed by atoms with Crippen molar-refractivity contribution in [3.63, 3.8) is 0 Å². The van der Waals surface area contributed by atoms with Crippen LogP contribution in [0.3, 0.4) is 0 Å². The van der Waals surface area contributed by atoms with Gasteiger partial charge in [0.1, 0.15) is 11.6 Å². The van der Waals surface area contributed by atoms with Crippen LogP contribution in [-0.2, 0) is 22.6 Å². The number of carbonyl (C=O) groups is 2. The predicted octanol–water partition coefficient (Wildman–Crippen LogP) is 3.29. The van der Waals surface area contributed by atoms with Gasteiger partial charge in [-0.05, 0) is 30.7 Å². The van der Waals surface area contributed by atoms with Gasteiger partial charge in [0.2, 0.25) is 0 Å². The summed E-state index contributed by atoms with van der Waals surface area (Å²) in [5.74, 6) is 2.02. The van der Waals surface area contributed by atoms with Crippen LogP contribution in [0.25, 0.3) is 0 Å².